The molecule has 0 unspecified atom stereocenters. The lowest BCUT2D eigenvalue weighted by atomic mass is 10.1. The number of benzene rings is 1. The maximum atomic E-state index is 12.6. The van der Waals surface area contributed by atoms with E-state index < -0.39 is 23.7 Å². The summed E-state index contributed by atoms with van der Waals surface area (Å²) in [6, 6.07) is 2.75. The zero-order valence-electron chi connectivity index (χ0n) is 6.65. The Morgan fingerprint density at radius 3 is 2.36 bits per heavy atom. The molecule has 0 spiro atoms. The zero-order chi connectivity index (χ0) is 10.9. The SMILES string of the molecule is O[C@H](c1cc(F)ccc1Br)C(F)(F)F. The molecule has 1 nitrogen and oxygen atoms in total. The van der Waals surface area contributed by atoms with Crippen molar-refractivity contribution in [2.75, 3.05) is 0 Å². The minimum absolute atomic E-state index is 0.0173. The van der Waals surface area contributed by atoms with Crippen LogP contribution in [0.2, 0.25) is 0 Å². The van der Waals surface area contributed by atoms with Crippen molar-refractivity contribution in [1.82, 2.24) is 0 Å². The van der Waals surface area contributed by atoms with Gasteiger partial charge in [-0.2, -0.15) is 13.2 Å². The van der Waals surface area contributed by atoms with Crippen molar-refractivity contribution in [3.63, 3.8) is 0 Å². The minimum atomic E-state index is -4.80. The van der Waals surface area contributed by atoms with E-state index in [0.717, 1.165) is 12.1 Å². The molecule has 1 aromatic rings. The molecule has 0 aliphatic heterocycles. The molecule has 78 valence electrons. The maximum Gasteiger partial charge on any atom is 0.418 e. The molecule has 0 aromatic heterocycles. The van der Waals surface area contributed by atoms with Crippen LogP contribution in [0.3, 0.4) is 0 Å². The van der Waals surface area contributed by atoms with Gasteiger partial charge in [-0.05, 0) is 18.2 Å². The number of aliphatic hydroxyl groups is 1. The van der Waals surface area contributed by atoms with E-state index in [9.17, 15) is 17.6 Å². The molecule has 14 heavy (non-hydrogen) atoms. The van der Waals surface area contributed by atoms with Gasteiger partial charge >= 0.3 is 6.18 Å². The van der Waals surface area contributed by atoms with Crippen LogP contribution in [0.5, 0.6) is 0 Å². The zero-order valence-corrected chi connectivity index (χ0v) is 8.23. The van der Waals surface area contributed by atoms with Crippen LogP contribution < -0.4 is 0 Å². The van der Waals surface area contributed by atoms with Crippen molar-refractivity contribution in [3.05, 3.63) is 34.1 Å². The quantitative estimate of drug-likeness (QED) is 0.779. The summed E-state index contributed by atoms with van der Waals surface area (Å²) in [5, 5.41) is 8.84. The normalized spacial score (nSPS) is 14.1. The molecule has 0 saturated carbocycles. The molecule has 0 aliphatic rings. The Balaban J connectivity index is 3.12. The van der Waals surface area contributed by atoms with E-state index in [1.165, 1.54) is 0 Å². The highest BCUT2D eigenvalue weighted by molar-refractivity contribution is 9.10. The predicted molar refractivity (Wildman–Crippen MR) is 45.1 cm³/mol. The van der Waals surface area contributed by atoms with Crippen LogP contribution in [0.15, 0.2) is 22.7 Å². The van der Waals surface area contributed by atoms with Gasteiger partial charge in [0.05, 0.1) is 0 Å². The van der Waals surface area contributed by atoms with Crippen LogP contribution in [0, 0.1) is 5.82 Å². The Bertz CT molecular complexity index is 337. The second kappa shape index (κ2) is 3.86. The van der Waals surface area contributed by atoms with E-state index in [1.54, 1.807) is 0 Å². The first-order valence-corrected chi connectivity index (χ1v) is 4.31. The van der Waals surface area contributed by atoms with Crippen LogP contribution in [0.4, 0.5) is 17.6 Å². The fourth-order valence-electron chi connectivity index (χ4n) is 0.900. The van der Waals surface area contributed by atoms with Crippen LogP contribution >= 0.6 is 15.9 Å². The van der Waals surface area contributed by atoms with E-state index in [1.807, 2.05) is 0 Å². The summed E-state index contributed by atoms with van der Waals surface area (Å²) in [4.78, 5) is 0. The standard InChI is InChI=1S/C8H5BrF4O/c9-6-2-1-4(10)3-5(6)7(14)8(11,12)13/h1-3,7,14H/t7-/m1/s1. The van der Waals surface area contributed by atoms with Crippen molar-refractivity contribution in [1.29, 1.82) is 0 Å². The molecule has 1 rings (SSSR count). The Morgan fingerprint density at radius 2 is 1.86 bits per heavy atom. The summed E-state index contributed by atoms with van der Waals surface area (Å²) in [5.41, 5.74) is -0.530. The highest BCUT2D eigenvalue weighted by atomic mass is 79.9. The molecule has 0 radical (unpaired) electrons. The van der Waals surface area contributed by atoms with Gasteiger partial charge in [-0.15, -0.1) is 0 Å². The van der Waals surface area contributed by atoms with E-state index in [4.69, 9.17) is 5.11 Å². The van der Waals surface area contributed by atoms with E-state index >= 15 is 0 Å². The summed E-state index contributed by atoms with van der Waals surface area (Å²) in [6.45, 7) is 0. The van der Waals surface area contributed by atoms with Crippen LogP contribution in [0.1, 0.15) is 11.7 Å². The van der Waals surface area contributed by atoms with E-state index in [2.05, 4.69) is 15.9 Å². The molecule has 0 aliphatic carbocycles. The van der Waals surface area contributed by atoms with Crippen LogP contribution in [0.25, 0.3) is 0 Å². The molecule has 1 aromatic carbocycles. The largest absolute Gasteiger partial charge is 0.418 e. The highest BCUT2D eigenvalue weighted by Crippen LogP contribution is 2.36. The molecule has 0 amide bonds. The highest BCUT2D eigenvalue weighted by Gasteiger charge is 2.40. The predicted octanol–water partition coefficient (Wildman–Crippen LogP) is 3.18. The summed E-state index contributed by atoms with van der Waals surface area (Å²) in [7, 11) is 0. The summed E-state index contributed by atoms with van der Waals surface area (Å²) in [5.74, 6) is -0.827. The Kier molecular flexibility index (Phi) is 3.16. The maximum absolute atomic E-state index is 12.6. The van der Waals surface area contributed by atoms with Gasteiger partial charge in [-0.3, -0.25) is 0 Å². The van der Waals surface area contributed by atoms with Gasteiger partial charge in [0.15, 0.2) is 6.10 Å². The van der Waals surface area contributed by atoms with Gasteiger partial charge in [0.1, 0.15) is 5.82 Å². The van der Waals surface area contributed by atoms with Crippen LogP contribution in [-0.2, 0) is 0 Å². The number of aliphatic hydroxyl groups excluding tert-OH is 1. The smallest absolute Gasteiger partial charge is 0.379 e. The number of halogens is 5. The Morgan fingerprint density at radius 1 is 1.29 bits per heavy atom. The second-order valence-electron chi connectivity index (χ2n) is 2.61. The van der Waals surface area contributed by atoms with Gasteiger partial charge in [0.2, 0.25) is 0 Å². The average Bonchev–Trinajstić information content (AvgIpc) is 2.06. The molecule has 0 saturated heterocycles. The molecule has 1 N–H and O–H groups in total. The molecular weight excluding hydrogens is 268 g/mol. The lowest BCUT2D eigenvalue weighted by Crippen LogP contribution is -2.20. The Labute approximate surface area is 85.5 Å². The lowest BCUT2D eigenvalue weighted by Gasteiger charge is -2.15. The van der Waals surface area contributed by atoms with Crippen molar-refractivity contribution in [2.24, 2.45) is 0 Å². The topological polar surface area (TPSA) is 20.2 Å². The Hall–Kier alpha value is -0.620. The van der Waals surface area contributed by atoms with Gasteiger partial charge in [0, 0.05) is 10.0 Å². The number of alkyl halides is 3. The summed E-state index contributed by atoms with van der Waals surface area (Å²) < 4.78 is 48.8. The van der Waals surface area contributed by atoms with Crippen molar-refractivity contribution in [2.45, 2.75) is 12.3 Å². The third-order valence-corrected chi connectivity index (χ3v) is 2.28. The lowest BCUT2D eigenvalue weighted by molar-refractivity contribution is -0.207. The third kappa shape index (κ3) is 2.45. The number of hydrogen-bond acceptors (Lipinski definition) is 1. The van der Waals surface area contributed by atoms with Gasteiger partial charge in [0.25, 0.3) is 0 Å². The number of rotatable bonds is 1. The average molecular weight is 273 g/mol. The fraction of sp³-hybridized carbons (Fsp3) is 0.250. The first-order chi connectivity index (χ1) is 6.32. The van der Waals surface area contributed by atoms with Crippen LogP contribution in [-0.4, -0.2) is 11.3 Å². The van der Waals surface area contributed by atoms with E-state index in [-0.39, 0.29) is 4.47 Å². The third-order valence-electron chi connectivity index (χ3n) is 1.56. The second-order valence-corrected chi connectivity index (χ2v) is 3.46. The number of hydrogen-bond donors (Lipinski definition) is 1. The van der Waals surface area contributed by atoms with Crippen molar-refractivity contribution < 1.29 is 22.7 Å². The van der Waals surface area contributed by atoms with E-state index in [0.29, 0.717) is 6.07 Å². The van der Waals surface area contributed by atoms with Crippen molar-refractivity contribution >= 4 is 15.9 Å². The first kappa shape index (κ1) is 11.5. The molecule has 1 atom stereocenters. The van der Waals surface area contributed by atoms with Gasteiger partial charge < -0.3 is 5.11 Å². The minimum Gasteiger partial charge on any atom is -0.379 e. The van der Waals surface area contributed by atoms with Gasteiger partial charge in [-0.1, -0.05) is 15.9 Å². The summed E-state index contributed by atoms with van der Waals surface area (Å²) >= 11 is 2.80. The van der Waals surface area contributed by atoms with Gasteiger partial charge in [-0.25, -0.2) is 4.39 Å². The molecule has 6 heteroatoms. The van der Waals surface area contributed by atoms with Crippen molar-refractivity contribution in [3.8, 4) is 0 Å². The molecular formula is C8H5BrF4O. The molecule has 0 bridgehead atoms. The molecule has 0 heterocycles. The molecule has 0 fully saturated rings. The first-order valence-electron chi connectivity index (χ1n) is 3.52. The fourth-order valence-corrected chi connectivity index (χ4v) is 1.36. The monoisotopic (exact) mass is 272 g/mol. The summed E-state index contributed by atoms with van der Waals surface area (Å²) in [6.07, 6.45) is -7.47.